The highest BCUT2D eigenvalue weighted by Gasteiger charge is 2.07. The molecule has 0 saturated carbocycles. The number of fused-ring (bicyclic) bond motifs is 1. The number of rotatable bonds is 0. The van der Waals surface area contributed by atoms with Crippen molar-refractivity contribution >= 4 is 21.7 Å². The molecule has 62 valence electrons. The van der Waals surface area contributed by atoms with Crippen LogP contribution in [0, 0.1) is 13.8 Å². The Bertz CT molecular complexity index is 435. The summed E-state index contributed by atoms with van der Waals surface area (Å²) >= 11 is 3.41. The van der Waals surface area contributed by atoms with Crippen LogP contribution < -0.4 is 0 Å². The molecule has 0 aromatic carbocycles. The smallest absolute Gasteiger partial charge is 0.214 e. The first kappa shape index (κ1) is 7.60. The SMILES string of the molecule is Cc1nc2nnnn2c(C)c1Br. The second-order valence-corrected chi connectivity index (χ2v) is 3.28. The summed E-state index contributed by atoms with van der Waals surface area (Å²) in [5.41, 5.74) is 1.86. The lowest BCUT2D eigenvalue weighted by molar-refractivity contribution is 0.794. The van der Waals surface area contributed by atoms with E-state index < -0.39 is 0 Å². The third-order valence-electron chi connectivity index (χ3n) is 1.67. The molecule has 0 amide bonds. The van der Waals surface area contributed by atoms with Crippen LogP contribution in [0.3, 0.4) is 0 Å². The fraction of sp³-hybridized carbons (Fsp3) is 0.333. The lowest BCUT2D eigenvalue weighted by atomic mass is 10.4. The largest absolute Gasteiger partial charge is 0.273 e. The zero-order chi connectivity index (χ0) is 8.72. The lowest BCUT2D eigenvalue weighted by Crippen LogP contribution is -1.99. The second kappa shape index (κ2) is 2.48. The van der Waals surface area contributed by atoms with Gasteiger partial charge in [0, 0.05) is 0 Å². The summed E-state index contributed by atoms with van der Waals surface area (Å²) < 4.78 is 2.54. The summed E-state index contributed by atoms with van der Waals surface area (Å²) in [7, 11) is 0. The molecule has 0 fully saturated rings. The highest BCUT2D eigenvalue weighted by molar-refractivity contribution is 9.10. The van der Waals surface area contributed by atoms with Gasteiger partial charge in [0.15, 0.2) is 0 Å². The van der Waals surface area contributed by atoms with Gasteiger partial charge >= 0.3 is 0 Å². The summed E-state index contributed by atoms with van der Waals surface area (Å²) in [5, 5.41) is 11.1. The molecule has 0 radical (unpaired) electrons. The van der Waals surface area contributed by atoms with Gasteiger partial charge in [-0.2, -0.15) is 4.52 Å². The lowest BCUT2D eigenvalue weighted by Gasteiger charge is -2.01. The van der Waals surface area contributed by atoms with Gasteiger partial charge in [-0.1, -0.05) is 5.10 Å². The van der Waals surface area contributed by atoms with E-state index in [9.17, 15) is 0 Å². The van der Waals surface area contributed by atoms with Crippen LogP contribution in [0.5, 0.6) is 0 Å². The van der Waals surface area contributed by atoms with Gasteiger partial charge in [0.1, 0.15) is 0 Å². The molecule has 0 unspecified atom stereocenters. The zero-order valence-electron chi connectivity index (χ0n) is 6.61. The van der Waals surface area contributed by atoms with Crippen LogP contribution in [-0.2, 0) is 0 Å². The van der Waals surface area contributed by atoms with Crippen molar-refractivity contribution in [2.75, 3.05) is 0 Å². The first-order valence-electron chi connectivity index (χ1n) is 3.41. The summed E-state index contributed by atoms with van der Waals surface area (Å²) in [6, 6.07) is 0. The van der Waals surface area contributed by atoms with E-state index in [1.807, 2.05) is 13.8 Å². The van der Waals surface area contributed by atoms with Crippen molar-refractivity contribution in [3.63, 3.8) is 0 Å². The van der Waals surface area contributed by atoms with Crippen molar-refractivity contribution in [1.29, 1.82) is 0 Å². The van der Waals surface area contributed by atoms with E-state index in [-0.39, 0.29) is 0 Å². The normalized spacial score (nSPS) is 10.9. The van der Waals surface area contributed by atoms with Gasteiger partial charge < -0.3 is 0 Å². The van der Waals surface area contributed by atoms with Crippen molar-refractivity contribution in [2.24, 2.45) is 0 Å². The van der Waals surface area contributed by atoms with Crippen LogP contribution in [0.25, 0.3) is 5.78 Å². The quantitative estimate of drug-likeness (QED) is 0.672. The van der Waals surface area contributed by atoms with Crippen LogP contribution in [0.1, 0.15) is 11.4 Å². The molecule has 0 atom stereocenters. The van der Waals surface area contributed by atoms with E-state index in [0.717, 1.165) is 15.9 Å². The van der Waals surface area contributed by atoms with E-state index in [4.69, 9.17) is 0 Å². The van der Waals surface area contributed by atoms with Crippen LogP contribution in [-0.4, -0.2) is 25.0 Å². The Labute approximate surface area is 76.9 Å². The van der Waals surface area contributed by atoms with Gasteiger partial charge in [-0.15, -0.1) is 0 Å². The molecule has 6 heteroatoms. The van der Waals surface area contributed by atoms with Gasteiger partial charge in [0.05, 0.1) is 15.9 Å². The molecular weight excluding hydrogens is 222 g/mol. The molecule has 0 N–H and O–H groups in total. The topological polar surface area (TPSA) is 56.0 Å². The van der Waals surface area contributed by atoms with Crippen LogP contribution in [0.15, 0.2) is 4.47 Å². The molecule has 0 bridgehead atoms. The van der Waals surface area contributed by atoms with Crippen molar-refractivity contribution in [2.45, 2.75) is 13.8 Å². The van der Waals surface area contributed by atoms with Crippen molar-refractivity contribution < 1.29 is 0 Å². The molecule has 2 heterocycles. The van der Waals surface area contributed by atoms with Crippen molar-refractivity contribution in [1.82, 2.24) is 25.0 Å². The molecule has 0 aliphatic rings. The van der Waals surface area contributed by atoms with Crippen LogP contribution in [0.2, 0.25) is 0 Å². The Morgan fingerprint density at radius 3 is 2.83 bits per heavy atom. The van der Waals surface area contributed by atoms with Gasteiger partial charge in [-0.25, -0.2) is 4.98 Å². The Hall–Kier alpha value is -1.04. The minimum absolute atomic E-state index is 0.535. The molecule has 5 nitrogen and oxygen atoms in total. The number of hydrogen-bond donors (Lipinski definition) is 0. The van der Waals surface area contributed by atoms with Gasteiger partial charge in [0.2, 0.25) is 0 Å². The van der Waals surface area contributed by atoms with E-state index in [1.54, 1.807) is 4.52 Å². The fourth-order valence-corrected chi connectivity index (χ4v) is 1.28. The highest BCUT2D eigenvalue weighted by atomic mass is 79.9. The fourth-order valence-electron chi connectivity index (χ4n) is 1.02. The molecule has 0 spiro atoms. The maximum Gasteiger partial charge on any atom is 0.273 e. The van der Waals surface area contributed by atoms with Crippen LogP contribution >= 0.6 is 15.9 Å². The van der Waals surface area contributed by atoms with E-state index in [0.29, 0.717) is 5.78 Å². The number of aromatic nitrogens is 5. The van der Waals surface area contributed by atoms with E-state index >= 15 is 0 Å². The number of nitrogens with zero attached hydrogens (tertiary/aromatic N) is 5. The standard InChI is InChI=1S/C6H6BrN5/c1-3-5(7)4(2)12-6(8-3)9-10-11-12/h1-2H3. The third-order valence-corrected chi connectivity index (χ3v) is 2.82. The monoisotopic (exact) mass is 227 g/mol. The Morgan fingerprint density at radius 1 is 1.33 bits per heavy atom. The van der Waals surface area contributed by atoms with E-state index in [1.165, 1.54) is 0 Å². The summed E-state index contributed by atoms with van der Waals surface area (Å²) in [6.45, 7) is 3.84. The van der Waals surface area contributed by atoms with Gasteiger partial charge in [0.25, 0.3) is 5.78 Å². The van der Waals surface area contributed by atoms with Gasteiger partial charge in [-0.3, -0.25) is 0 Å². The first-order valence-corrected chi connectivity index (χ1v) is 4.20. The zero-order valence-corrected chi connectivity index (χ0v) is 8.20. The number of aryl methyl sites for hydroxylation is 2. The summed E-state index contributed by atoms with van der Waals surface area (Å²) in [4.78, 5) is 4.18. The van der Waals surface area contributed by atoms with Gasteiger partial charge in [-0.05, 0) is 40.2 Å². The minimum atomic E-state index is 0.535. The Balaban J connectivity index is 2.94. The maximum atomic E-state index is 4.18. The predicted octanol–water partition coefficient (Wildman–Crippen LogP) is 0.899. The average Bonchev–Trinajstić information content (AvgIpc) is 2.48. The molecule has 12 heavy (non-hydrogen) atoms. The summed E-state index contributed by atoms with van der Waals surface area (Å²) in [6.07, 6.45) is 0. The van der Waals surface area contributed by atoms with Crippen molar-refractivity contribution in [3.05, 3.63) is 15.9 Å². The molecular formula is C6H6BrN5. The predicted molar refractivity (Wildman–Crippen MR) is 45.8 cm³/mol. The van der Waals surface area contributed by atoms with Crippen molar-refractivity contribution in [3.8, 4) is 0 Å². The first-order chi connectivity index (χ1) is 5.70. The molecule has 2 aromatic rings. The molecule has 0 saturated heterocycles. The molecule has 2 aromatic heterocycles. The number of hydrogen-bond acceptors (Lipinski definition) is 4. The molecule has 2 rings (SSSR count). The minimum Gasteiger partial charge on any atom is -0.214 e. The Kier molecular flexibility index (Phi) is 1.57. The number of tetrazole rings is 1. The highest BCUT2D eigenvalue weighted by Crippen LogP contribution is 2.18. The summed E-state index contributed by atoms with van der Waals surface area (Å²) in [5.74, 6) is 0.535. The third kappa shape index (κ3) is 0.911. The molecule has 0 aliphatic heterocycles. The second-order valence-electron chi connectivity index (χ2n) is 2.49. The van der Waals surface area contributed by atoms with E-state index in [2.05, 4.69) is 36.4 Å². The van der Waals surface area contributed by atoms with Crippen LogP contribution in [0.4, 0.5) is 0 Å². The average molecular weight is 228 g/mol. The maximum absolute atomic E-state index is 4.18. The molecule has 0 aliphatic carbocycles. The number of halogens is 1. The Morgan fingerprint density at radius 2 is 2.08 bits per heavy atom.